The van der Waals surface area contributed by atoms with Crippen LogP contribution < -0.4 is 5.32 Å². The molecular formula is C13H17N5. The molecule has 1 N–H and O–H groups in total. The van der Waals surface area contributed by atoms with E-state index in [9.17, 15) is 0 Å². The maximum absolute atomic E-state index is 4.26. The molecule has 0 aliphatic rings. The summed E-state index contributed by atoms with van der Waals surface area (Å²) in [6.07, 6.45) is 6.08. The van der Waals surface area contributed by atoms with Gasteiger partial charge in [-0.1, -0.05) is 6.92 Å². The van der Waals surface area contributed by atoms with Crippen molar-refractivity contribution >= 4 is 5.82 Å². The lowest BCUT2D eigenvalue weighted by Gasteiger charge is -2.11. The molecular weight excluding hydrogens is 226 g/mol. The van der Waals surface area contributed by atoms with Crippen molar-refractivity contribution in [2.24, 2.45) is 0 Å². The van der Waals surface area contributed by atoms with Crippen molar-refractivity contribution in [2.45, 2.75) is 27.2 Å². The molecule has 94 valence electrons. The second-order valence-corrected chi connectivity index (χ2v) is 4.16. The van der Waals surface area contributed by atoms with Crippen molar-refractivity contribution in [1.82, 2.24) is 20.2 Å². The lowest BCUT2D eigenvalue weighted by Crippen LogP contribution is -2.07. The lowest BCUT2D eigenvalue weighted by molar-refractivity contribution is 0.930. The van der Waals surface area contributed by atoms with E-state index in [1.54, 1.807) is 18.6 Å². The Kier molecular flexibility index (Phi) is 3.82. The zero-order valence-electron chi connectivity index (χ0n) is 10.9. The Morgan fingerprint density at radius 3 is 2.61 bits per heavy atom. The quantitative estimate of drug-likeness (QED) is 0.893. The SMILES string of the molecule is CCCNc1nnc(-c2cnccn2)c(C)c1C. The van der Waals surface area contributed by atoms with Gasteiger partial charge in [0.15, 0.2) is 5.82 Å². The van der Waals surface area contributed by atoms with Gasteiger partial charge in [-0.25, -0.2) is 0 Å². The van der Waals surface area contributed by atoms with Crippen molar-refractivity contribution in [3.05, 3.63) is 29.7 Å². The number of hydrogen-bond acceptors (Lipinski definition) is 5. The third kappa shape index (κ3) is 2.45. The molecule has 0 aromatic carbocycles. The van der Waals surface area contributed by atoms with Gasteiger partial charge in [-0.2, -0.15) is 0 Å². The molecule has 0 aliphatic heterocycles. The van der Waals surface area contributed by atoms with Crippen LogP contribution in [0, 0.1) is 13.8 Å². The Bertz CT molecular complexity index is 524. The number of hydrogen-bond donors (Lipinski definition) is 1. The van der Waals surface area contributed by atoms with Gasteiger partial charge in [-0.15, -0.1) is 10.2 Å². The zero-order valence-corrected chi connectivity index (χ0v) is 10.9. The molecule has 2 rings (SSSR count). The number of nitrogens with zero attached hydrogens (tertiary/aromatic N) is 4. The minimum atomic E-state index is 0.757. The summed E-state index contributed by atoms with van der Waals surface area (Å²) in [5, 5.41) is 11.7. The van der Waals surface area contributed by atoms with E-state index in [1.807, 2.05) is 13.8 Å². The van der Waals surface area contributed by atoms with Crippen LogP contribution in [0.15, 0.2) is 18.6 Å². The highest BCUT2D eigenvalue weighted by Crippen LogP contribution is 2.23. The first-order chi connectivity index (χ1) is 8.74. The van der Waals surface area contributed by atoms with E-state index in [0.29, 0.717) is 0 Å². The van der Waals surface area contributed by atoms with Crippen molar-refractivity contribution in [3.8, 4) is 11.4 Å². The minimum absolute atomic E-state index is 0.757. The average molecular weight is 243 g/mol. The molecule has 0 atom stereocenters. The van der Waals surface area contributed by atoms with E-state index in [0.717, 1.165) is 41.3 Å². The molecule has 0 saturated heterocycles. The summed E-state index contributed by atoms with van der Waals surface area (Å²) in [6, 6.07) is 0. The highest BCUT2D eigenvalue weighted by atomic mass is 15.2. The highest BCUT2D eigenvalue weighted by molar-refractivity contribution is 5.62. The summed E-state index contributed by atoms with van der Waals surface area (Å²) in [7, 11) is 0. The molecule has 2 aromatic rings. The molecule has 0 amide bonds. The molecule has 5 nitrogen and oxygen atoms in total. The largest absolute Gasteiger partial charge is 0.368 e. The first-order valence-electron chi connectivity index (χ1n) is 6.08. The first kappa shape index (κ1) is 12.4. The van der Waals surface area contributed by atoms with E-state index in [4.69, 9.17) is 0 Å². The molecule has 0 fully saturated rings. The van der Waals surface area contributed by atoms with Crippen LogP contribution in [0.2, 0.25) is 0 Å². The van der Waals surface area contributed by atoms with Crippen LogP contribution in [0.4, 0.5) is 5.82 Å². The van der Waals surface area contributed by atoms with Gasteiger partial charge in [0.1, 0.15) is 11.4 Å². The number of aromatic nitrogens is 4. The van der Waals surface area contributed by atoms with E-state index in [1.165, 1.54) is 0 Å². The molecule has 0 radical (unpaired) electrons. The standard InChI is InChI=1S/C13H17N5/c1-4-5-16-13-10(3)9(2)12(17-18-13)11-8-14-6-7-15-11/h6-8H,4-5H2,1-3H3,(H,16,18). The van der Waals surface area contributed by atoms with Crippen LogP contribution >= 0.6 is 0 Å². The van der Waals surface area contributed by atoms with Crippen LogP contribution in [-0.2, 0) is 0 Å². The molecule has 18 heavy (non-hydrogen) atoms. The molecule has 0 bridgehead atoms. The van der Waals surface area contributed by atoms with Crippen molar-refractivity contribution < 1.29 is 0 Å². The third-order valence-corrected chi connectivity index (χ3v) is 2.87. The summed E-state index contributed by atoms with van der Waals surface area (Å²) in [5.41, 5.74) is 3.75. The van der Waals surface area contributed by atoms with Gasteiger partial charge in [0, 0.05) is 18.9 Å². The van der Waals surface area contributed by atoms with Gasteiger partial charge >= 0.3 is 0 Å². The Morgan fingerprint density at radius 2 is 1.94 bits per heavy atom. The van der Waals surface area contributed by atoms with Gasteiger partial charge in [-0.05, 0) is 31.4 Å². The van der Waals surface area contributed by atoms with Crippen molar-refractivity contribution in [2.75, 3.05) is 11.9 Å². The average Bonchev–Trinajstić information content (AvgIpc) is 2.41. The number of anilines is 1. The van der Waals surface area contributed by atoms with Gasteiger partial charge in [0.05, 0.1) is 6.20 Å². The fraction of sp³-hybridized carbons (Fsp3) is 0.385. The molecule has 0 unspecified atom stereocenters. The summed E-state index contributed by atoms with van der Waals surface area (Å²) in [5.74, 6) is 0.849. The smallest absolute Gasteiger partial charge is 0.151 e. The monoisotopic (exact) mass is 243 g/mol. The maximum atomic E-state index is 4.26. The first-order valence-corrected chi connectivity index (χ1v) is 6.08. The fourth-order valence-corrected chi connectivity index (χ4v) is 1.68. The third-order valence-electron chi connectivity index (χ3n) is 2.87. The molecule has 5 heteroatoms. The predicted octanol–water partition coefficient (Wildman–Crippen LogP) is 2.37. The van der Waals surface area contributed by atoms with Gasteiger partial charge in [0.25, 0.3) is 0 Å². The Hall–Kier alpha value is -2.04. The van der Waals surface area contributed by atoms with Gasteiger partial charge < -0.3 is 5.32 Å². The van der Waals surface area contributed by atoms with Crippen LogP contribution in [-0.4, -0.2) is 26.7 Å². The summed E-state index contributed by atoms with van der Waals surface area (Å²) >= 11 is 0. The highest BCUT2D eigenvalue weighted by Gasteiger charge is 2.11. The van der Waals surface area contributed by atoms with Crippen LogP contribution in [0.3, 0.4) is 0 Å². The molecule has 0 saturated carbocycles. The number of nitrogens with one attached hydrogen (secondary N) is 1. The van der Waals surface area contributed by atoms with Crippen molar-refractivity contribution in [3.63, 3.8) is 0 Å². The van der Waals surface area contributed by atoms with Gasteiger partial charge in [0.2, 0.25) is 0 Å². The van der Waals surface area contributed by atoms with E-state index >= 15 is 0 Å². The second kappa shape index (κ2) is 5.53. The summed E-state index contributed by atoms with van der Waals surface area (Å²) in [6.45, 7) is 7.10. The molecule has 2 aromatic heterocycles. The van der Waals surface area contributed by atoms with Crippen molar-refractivity contribution in [1.29, 1.82) is 0 Å². The topological polar surface area (TPSA) is 63.6 Å². The number of rotatable bonds is 4. The maximum Gasteiger partial charge on any atom is 0.151 e. The second-order valence-electron chi connectivity index (χ2n) is 4.16. The molecule has 0 aliphatic carbocycles. The Labute approximate surface area is 107 Å². The zero-order chi connectivity index (χ0) is 13.0. The normalized spacial score (nSPS) is 10.4. The summed E-state index contributed by atoms with van der Waals surface area (Å²) in [4.78, 5) is 8.32. The van der Waals surface area contributed by atoms with E-state index in [-0.39, 0.29) is 0 Å². The Balaban J connectivity index is 2.38. The van der Waals surface area contributed by atoms with Crippen LogP contribution in [0.5, 0.6) is 0 Å². The fourth-order valence-electron chi connectivity index (χ4n) is 1.68. The minimum Gasteiger partial charge on any atom is -0.368 e. The van der Waals surface area contributed by atoms with E-state index < -0.39 is 0 Å². The molecule has 0 spiro atoms. The summed E-state index contributed by atoms with van der Waals surface area (Å²) < 4.78 is 0. The molecule has 2 heterocycles. The van der Waals surface area contributed by atoms with E-state index in [2.05, 4.69) is 32.4 Å². The van der Waals surface area contributed by atoms with Gasteiger partial charge in [-0.3, -0.25) is 9.97 Å². The van der Waals surface area contributed by atoms with Crippen LogP contribution in [0.1, 0.15) is 24.5 Å². The lowest BCUT2D eigenvalue weighted by atomic mass is 10.1. The van der Waals surface area contributed by atoms with Crippen LogP contribution in [0.25, 0.3) is 11.4 Å². The predicted molar refractivity (Wildman–Crippen MR) is 71.3 cm³/mol. The Morgan fingerprint density at radius 1 is 1.11 bits per heavy atom.